The number of hydrogen-bond acceptors (Lipinski definition) is 6. The van der Waals surface area contributed by atoms with Crippen molar-refractivity contribution in [3.8, 4) is 0 Å². The molecule has 9 heteroatoms. The maximum Gasteiger partial charge on any atom is 0.248 e. The quantitative estimate of drug-likeness (QED) is 0.601. The van der Waals surface area contributed by atoms with Crippen molar-refractivity contribution in [1.82, 2.24) is 15.3 Å². The SMILES string of the molecule is CC(=O)c1ccc(NC(=O)[C@H]2CC(=O)N3C(=S)NC(=O)C(C)(C)N23)cc1. The Morgan fingerprint density at radius 1 is 1.23 bits per heavy atom. The van der Waals surface area contributed by atoms with Gasteiger partial charge in [0, 0.05) is 11.3 Å². The molecule has 0 spiro atoms. The fraction of sp³-hybridized carbons (Fsp3) is 0.353. The summed E-state index contributed by atoms with van der Waals surface area (Å²) in [5.41, 5.74) is -0.0910. The molecule has 1 aromatic carbocycles. The minimum absolute atomic E-state index is 0.0274. The number of fused-ring (bicyclic) bond motifs is 1. The first-order valence-corrected chi connectivity index (χ1v) is 8.43. The van der Waals surface area contributed by atoms with E-state index < -0.39 is 17.5 Å². The van der Waals surface area contributed by atoms with Crippen molar-refractivity contribution in [3.63, 3.8) is 0 Å². The molecule has 0 unspecified atom stereocenters. The molecule has 2 fully saturated rings. The van der Waals surface area contributed by atoms with E-state index in [1.165, 1.54) is 16.9 Å². The summed E-state index contributed by atoms with van der Waals surface area (Å²) in [6.45, 7) is 4.70. The molecular weight excluding hydrogens is 356 g/mol. The van der Waals surface area contributed by atoms with Gasteiger partial charge in [0.2, 0.25) is 17.7 Å². The van der Waals surface area contributed by atoms with Gasteiger partial charge in [-0.2, -0.15) is 5.01 Å². The van der Waals surface area contributed by atoms with Crippen LogP contribution in [0.4, 0.5) is 5.69 Å². The minimum atomic E-state index is -1.12. The third-order valence-electron chi connectivity index (χ3n) is 4.52. The van der Waals surface area contributed by atoms with Gasteiger partial charge in [0.25, 0.3) is 0 Å². The Morgan fingerprint density at radius 2 is 1.85 bits per heavy atom. The molecule has 2 saturated heterocycles. The summed E-state index contributed by atoms with van der Waals surface area (Å²) in [5.74, 6) is -1.23. The number of Topliss-reactive ketones (excluding diaryl/α,β-unsaturated/α-hetero) is 1. The van der Waals surface area contributed by atoms with Gasteiger partial charge in [-0.1, -0.05) is 0 Å². The van der Waals surface area contributed by atoms with Crippen molar-refractivity contribution >= 4 is 46.5 Å². The molecule has 3 rings (SSSR count). The molecule has 26 heavy (non-hydrogen) atoms. The van der Waals surface area contributed by atoms with Crippen LogP contribution in [-0.2, 0) is 14.4 Å². The summed E-state index contributed by atoms with van der Waals surface area (Å²) in [6.07, 6.45) is -0.0874. The number of benzene rings is 1. The number of hydrazine groups is 1. The number of thiocarbonyl (C=S) groups is 1. The molecule has 1 aromatic rings. The molecule has 3 amide bonds. The van der Waals surface area contributed by atoms with E-state index in [4.69, 9.17) is 12.2 Å². The summed E-state index contributed by atoms with van der Waals surface area (Å²) in [5, 5.41) is 7.79. The van der Waals surface area contributed by atoms with Gasteiger partial charge in [0.05, 0.1) is 6.42 Å². The van der Waals surface area contributed by atoms with Gasteiger partial charge in [0.1, 0.15) is 11.6 Å². The molecule has 0 aliphatic carbocycles. The number of amides is 3. The molecule has 1 atom stereocenters. The largest absolute Gasteiger partial charge is 0.325 e. The number of hydrogen-bond donors (Lipinski definition) is 2. The summed E-state index contributed by atoms with van der Waals surface area (Å²) in [4.78, 5) is 48.7. The Labute approximate surface area is 155 Å². The van der Waals surface area contributed by atoms with Crippen molar-refractivity contribution in [2.75, 3.05) is 5.32 Å². The molecule has 0 radical (unpaired) electrons. The standard InChI is InChI=1S/C17H18N4O4S/c1-9(22)10-4-6-11(7-5-10)18-14(24)12-8-13(23)20-16(26)19-15(25)17(2,3)21(12)20/h4-7,12H,8H2,1-3H3,(H,18,24)(H,19,25,26)/t12-/m1/s1. The second-order valence-corrected chi connectivity index (χ2v) is 7.10. The average molecular weight is 374 g/mol. The summed E-state index contributed by atoms with van der Waals surface area (Å²) < 4.78 is 0. The molecule has 2 aliphatic heterocycles. The predicted molar refractivity (Wildman–Crippen MR) is 97.0 cm³/mol. The van der Waals surface area contributed by atoms with E-state index in [1.54, 1.807) is 38.1 Å². The number of carbonyl (C=O) groups excluding carboxylic acids is 4. The highest BCUT2D eigenvalue weighted by Crippen LogP contribution is 2.32. The van der Waals surface area contributed by atoms with Gasteiger partial charge in [-0.25, -0.2) is 5.01 Å². The molecular formula is C17H18N4O4S. The van der Waals surface area contributed by atoms with Crippen LogP contribution in [0.1, 0.15) is 37.6 Å². The van der Waals surface area contributed by atoms with Crippen molar-refractivity contribution in [2.24, 2.45) is 0 Å². The highest BCUT2D eigenvalue weighted by atomic mass is 32.1. The molecule has 136 valence electrons. The zero-order valence-electron chi connectivity index (χ0n) is 14.5. The van der Waals surface area contributed by atoms with E-state index in [0.717, 1.165) is 0 Å². The first kappa shape index (κ1) is 18.2. The summed E-state index contributed by atoms with van der Waals surface area (Å²) in [7, 11) is 0. The highest BCUT2D eigenvalue weighted by Gasteiger charge is 2.56. The van der Waals surface area contributed by atoms with Crippen LogP contribution in [0.15, 0.2) is 24.3 Å². The minimum Gasteiger partial charge on any atom is -0.325 e. The normalized spacial score (nSPS) is 22.0. The van der Waals surface area contributed by atoms with Crippen LogP contribution in [-0.4, -0.2) is 50.2 Å². The number of anilines is 1. The van der Waals surface area contributed by atoms with Crippen LogP contribution in [0.2, 0.25) is 0 Å². The van der Waals surface area contributed by atoms with Crippen LogP contribution in [0.25, 0.3) is 0 Å². The Hall–Kier alpha value is -2.65. The lowest BCUT2D eigenvalue weighted by molar-refractivity contribution is -0.154. The number of nitrogens with zero attached hydrogens (tertiary/aromatic N) is 2. The number of carbonyl (C=O) groups is 4. The van der Waals surface area contributed by atoms with Crippen molar-refractivity contribution in [3.05, 3.63) is 29.8 Å². The molecule has 8 nitrogen and oxygen atoms in total. The molecule has 0 aromatic heterocycles. The molecule has 2 aliphatic rings. The second-order valence-electron chi connectivity index (χ2n) is 6.71. The van der Waals surface area contributed by atoms with E-state index in [1.807, 2.05) is 0 Å². The molecule has 0 bridgehead atoms. The second kappa shape index (κ2) is 6.26. The zero-order chi connectivity index (χ0) is 19.2. The highest BCUT2D eigenvalue weighted by molar-refractivity contribution is 7.80. The molecule has 2 heterocycles. The van der Waals surface area contributed by atoms with Crippen molar-refractivity contribution < 1.29 is 19.2 Å². The van der Waals surface area contributed by atoms with E-state index in [0.29, 0.717) is 11.3 Å². The van der Waals surface area contributed by atoms with Crippen LogP contribution in [0.3, 0.4) is 0 Å². The van der Waals surface area contributed by atoms with Gasteiger partial charge in [-0.15, -0.1) is 0 Å². The lowest BCUT2D eigenvalue weighted by Gasteiger charge is -2.45. The Kier molecular flexibility index (Phi) is 4.37. The third-order valence-corrected chi connectivity index (χ3v) is 4.79. The van der Waals surface area contributed by atoms with Crippen LogP contribution >= 0.6 is 12.2 Å². The lowest BCUT2D eigenvalue weighted by atomic mass is 10.00. The van der Waals surface area contributed by atoms with Crippen molar-refractivity contribution in [2.45, 2.75) is 38.8 Å². The zero-order valence-corrected chi connectivity index (χ0v) is 15.3. The van der Waals surface area contributed by atoms with Gasteiger partial charge in [0.15, 0.2) is 10.9 Å². The maximum absolute atomic E-state index is 12.8. The summed E-state index contributed by atoms with van der Waals surface area (Å²) in [6, 6.07) is 5.58. The average Bonchev–Trinajstić information content (AvgIpc) is 2.92. The third kappa shape index (κ3) is 2.89. The Morgan fingerprint density at radius 3 is 2.42 bits per heavy atom. The van der Waals surface area contributed by atoms with Gasteiger partial charge in [-0.3, -0.25) is 24.5 Å². The molecule has 0 saturated carbocycles. The van der Waals surface area contributed by atoms with Crippen LogP contribution in [0, 0.1) is 0 Å². The number of nitrogens with one attached hydrogen (secondary N) is 2. The van der Waals surface area contributed by atoms with Crippen molar-refractivity contribution in [1.29, 1.82) is 0 Å². The van der Waals surface area contributed by atoms with Crippen LogP contribution < -0.4 is 10.6 Å². The fourth-order valence-corrected chi connectivity index (χ4v) is 3.36. The Balaban J connectivity index is 1.84. The van der Waals surface area contributed by atoms with E-state index >= 15 is 0 Å². The van der Waals surface area contributed by atoms with E-state index in [9.17, 15) is 19.2 Å². The first-order valence-electron chi connectivity index (χ1n) is 8.02. The Bertz CT molecular complexity index is 834. The monoisotopic (exact) mass is 374 g/mol. The predicted octanol–water partition coefficient (Wildman–Crippen LogP) is 0.839. The lowest BCUT2D eigenvalue weighted by Crippen LogP contribution is -2.71. The summed E-state index contributed by atoms with van der Waals surface area (Å²) >= 11 is 5.08. The van der Waals surface area contributed by atoms with Gasteiger partial charge < -0.3 is 5.32 Å². The van der Waals surface area contributed by atoms with E-state index in [-0.39, 0.29) is 29.1 Å². The number of rotatable bonds is 3. The number of ketones is 1. The van der Waals surface area contributed by atoms with Crippen LogP contribution in [0.5, 0.6) is 0 Å². The van der Waals surface area contributed by atoms with E-state index in [2.05, 4.69) is 10.6 Å². The topological polar surface area (TPSA) is 98.8 Å². The van der Waals surface area contributed by atoms with Gasteiger partial charge in [-0.05, 0) is 57.3 Å². The molecule has 2 N–H and O–H groups in total. The fourth-order valence-electron chi connectivity index (χ4n) is 3.07. The van der Waals surface area contributed by atoms with Gasteiger partial charge >= 0.3 is 0 Å². The first-order chi connectivity index (χ1) is 12.1. The smallest absolute Gasteiger partial charge is 0.248 e. The maximum atomic E-state index is 12.8.